The molecule has 0 aliphatic heterocycles. The fourth-order valence-electron chi connectivity index (χ4n) is 1.21. The van der Waals surface area contributed by atoms with Gasteiger partial charge in [-0.05, 0) is 0 Å². The van der Waals surface area contributed by atoms with Crippen molar-refractivity contribution in [2.75, 3.05) is 0 Å². The molecule has 5 heteroatoms. The number of hydrogen-bond donors (Lipinski definition) is 0. The number of fused-ring (bicyclic) bond motifs is 1. The van der Waals surface area contributed by atoms with E-state index >= 15 is 0 Å². The van der Waals surface area contributed by atoms with Gasteiger partial charge < -0.3 is 4.57 Å². The van der Waals surface area contributed by atoms with Crippen LogP contribution in [0.1, 0.15) is 0 Å². The van der Waals surface area contributed by atoms with Crippen LogP contribution in [0.15, 0.2) is 12.4 Å². The van der Waals surface area contributed by atoms with Crippen molar-refractivity contribution < 1.29 is 13.2 Å². The van der Waals surface area contributed by atoms with E-state index in [2.05, 4.69) is 4.98 Å². The third kappa shape index (κ3) is 0.998. The number of halogens is 3. The molecule has 2 rings (SSSR count). The molecule has 0 saturated heterocycles. The van der Waals surface area contributed by atoms with Crippen LogP contribution in [-0.4, -0.2) is 9.55 Å². The number of benzene rings is 1. The van der Waals surface area contributed by atoms with Crippen LogP contribution in [0, 0.1) is 17.5 Å². The van der Waals surface area contributed by atoms with Crippen molar-refractivity contribution in [1.29, 1.82) is 0 Å². The number of rotatable bonds is 0. The lowest BCUT2D eigenvalue weighted by molar-refractivity contribution is 0.451. The van der Waals surface area contributed by atoms with Gasteiger partial charge in [0.1, 0.15) is 5.52 Å². The maximum Gasteiger partial charge on any atom is 0.196 e. The third-order valence-electron chi connectivity index (χ3n) is 1.84. The first-order valence-corrected chi connectivity index (χ1v) is 3.56. The van der Waals surface area contributed by atoms with Crippen molar-refractivity contribution in [3.05, 3.63) is 29.8 Å². The lowest BCUT2D eigenvalue weighted by Crippen LogP contribution is -1.95. The zero-order chi connectivity index (χ0) is 9.59. The molecule has 0 amide bonds. The Morgan fingerprint density at radius 3 is 2.62 bits per heavy atom. The smallest absolute Gasteiger partial charge is 0.196 e. The fraction of sp³-hybridized carbons (Fsp3) is 0.125. The van der Waals surface area contributed by atoms with Gasteiger partial charge in [-0.3, -0.25) is 0 Å². The quantitative estimate of drug-likeness (QED) is 0.575. The number of aromatic nitrogens is 2. The Balaban J connectivity index is 2.97. The summed E-state index contributed by atoms with van der Waals surface area (Å²) >= 11 is 0. The van der Waals surface area contributed by atoms with Gasteiger partial charge in [-0.25, -0.2) is 18.2 Å². The topological polar surface area (TPSA) is 17.8 Å². The van der Waals surface area contributed by atoms with Crippen LogP contribution >= 0.6 is 0 Å². The highest BCUT2D eigenvalue weighted by Gasteiger charge is 2.16. The Morgan fingerprint density at radius 2 is 1.92 bits per heavy atom. The number of imidazole rings is 1. The summed E-state index contributed by atoms with van der Waals surface area (Å²) < 4.78 is 39.8. The number of hydrogen-bond acceptors (Lipinski definition) is 1. The summed E-state index contributed by atoms with van der Waals surface area (Å²) in [6.45, 7) is 0. The highest BCUT2D eigenvalue weighted by Crippen LogP contribution is 2.21. The highest BCUT2D eigenvalue weighted by atomic mass is 19.2. The minimum absolute atomic E-state index is 0.0288. The molecule has 0 unspecified atom stereocenters. The molecular formula is C8H5F3N2. The Morgan fingerprint density at radius 1 is 1.23 bits per heavy atom. The van der Waals surface area contributed by atoms with Gasteiger partial charge in [-0.15, -0.1) is 0 Å². The average molecular weight is 186 g/mol. The summed E-state index contributed by atoms with van der Waals surface area (Å²) in [6.07, 6.45) is 1.30. The van der Waals surface area contributed by atoms with Crippen LogP contribution in [0.5, 0.6) is 0 Å². The molecule has 2 aromatic rings. The summed E-state index contributed by atoms with van der Waals surface area (Å²) in [5.74, 6) is -3.88. The van der Waals surface area contributed by atoms with Gasteiger partial charge in [0.05, 0.1) is 11.8 Å². The van der Waals surface area contributed by atoms with Crippen LogP contribution in [0.3, 0.4) is 0 Å². The van der Waals surface area contributed by atoms with E-state index in [0.717, 1.165) is 6.07 Å². The van der Waals surface area contributed by atoms with Crippen LogP contribution in [0.4, 0.5) is 13.2 Å². The predicted octanol–water partition coefficient (Wildman–Crippen LogP) is 1.99. The standard InChI is InChI=1S/C8H5F3N2/c1-13-3-12-5-2-4(9)6(10)7(11)8(5)13/h2-3H,1H3. The van der Waals surface area contributed by atoms with Crippen molar-refractivity contribution in [3.8, 4) is 0 Å². The number of nitrogens with zero attached hydrogens (tertiary/aromatic N) is 2. The average Bonchev–Trinajstić information content (AvgIpc) is 2.43. The molecule has 1 aromatic heterocycles. The van der Waals surface area contributed by atoms with Crippen molar-refractivity contribution in [2.45, 2.75) is 0 Å². The van der Waals surface area contributed by atoms with Crippen molar-refractivity contribution in [3.63, 3.8) is 0 Å². The maximum absolute atomic E-state index is 13.1. The SMILES string of the molecule is Cn1cnc2cc(F)c(F)c(F)c21. The molecule has 0 aliphatic carbocycles. The fourth-order valence-corrected chi connectivity index (χ4v) is 1.21. The van der Waals surface area contributed by atoms with Crippen molar-refractivity contribution in [1.82, 2.24) is 9.55 Å². The predicted molar refractivity (Wildman–Crippen MR) is 40.6 cm³/mol. The van der Waals surface area contributed by atoms with Crippen LogP contribution < -0.4 is 0 Å². The largest absolute Gasteiger partial charge is 0.331 e. The molecule has 1 heterocycles. The normalized spacial score (nSPS) is 11.1. The Kier molecular flexibility index (Phi) is 1.55. The number of aryl methyl sites for hydroxylation is 1. The second-order valence-electron chi connectivity index (χ2n) is 2.71. The van der Waals surface area contributed by atoms with Gasteiger partial charge in [0.15, 0.2) is 17.5 Å². The summed E-state index contributed by atoms with van der Waals surface area (Å²) in [7, 11) is 1.51. The Labute approximate surface area is 71.6 Å². The monoisotopic (exact) mass is 186 g/mol. The van der Waals surface area contributed by atoms with Gasteiger partial charge in [0.2, 0.25) is 0 Å². The van der Waals surface area contributed by atoms with E-state index in [-0.39, 0.29) is 11.0 Å². The zero-order valence-corrected chi connectivity index (χ0v) is 6.68. The van der Waals surface area contributed by atoms with Crippen LogP contribution in [0.25, 0.3) is 11.0 Å². The second-order valence-corrected chi connectivity index (χ2v) is 2.71. The van der Waals surface area contributed by atoms with Gasteiger partial charge in [-0.2, -0.15) is 0 Å². The molecule has 0 aliphatic rings. The summed E-state index contributed by atoms with van der Waals surface area (Å²) in [5.41, 5.74) is 0.0813. The van der Waals surface area contributed by atoms with Gasteiger partial charge in [0.25, 0.3) is 0 Å². The first kappa shape index (κ1) is 8.10. The van der Waals surface area contributed by atoms with E-state index in [9.17, 15) is 13.2 Å². The highest BCUT2D eigenvalue weighted by molar-refractivity contribution is 5.76. The van der Waals surface area contributed by atoms with Crippen molar-refractivity contribution in [2.24, 2.45) is 7.05 Å². The van der Waals surface area contributed by atoms with Gasteiger partial charge >= 0.3 is 0 Å². The molecule has 0 spiro atoms. The molecule has 13 heavy (non-hydrogen) atoms. The first-order valence-electron chi connectivity index (χ1n) is 3.56. The molecule has 0 saturated carbocycles. The third-order valence-corrected chi connectivity index (χ3v) is 1.84. The van der Waals surface area contributed by atoms with E-state index in [4.69, 9.17) is 0 Å². The minimum Gasteiger partial charge on any atom is -0.331 e. The summed E-state index contributed by atoms with van der Waals surface area (Å²) in [6, 6.07) is 0.869. The minimum atomic E-state index is -1.46. The maximum atomic E-state index is 13.1. The molecule has 0 atom stereocenters. The van der Waals surface area contributed by atoms with E-state index in [1.165, 1.54) is 17.9 Å². The zero-order valence-electron chi connectivity index (χ0n) is 6.68. The van der Waals surface area contributed by atoms with Crippen LogP contribution in [-0.2, 0) is 7.05 Å². The molecule has 68 valence electrons. The Bertz CT molecular complexity index is 476. The molecule has 0 fully saturated rings. The Hall–Kier alpha value is -1.52. The van der Waals surface area contributed by atoms with E-state index in [0.29, 0.717) is 0 Å². The van der Waals surface area contributed by atoms with Gasteiger partial charge in [-0.1, -0.05) is 0 Å². The van der Waals surface area contributed by atoms with Gasteiger partial charge in [0, 0.05) is 13.1 Å². The van der Waals surface area contributed by atoms with Crippen molar-refractivity contribution >= 4 is 11.0 Å². The lowest BCUT2D eigenvalue weighted by atomic mass is 10.3. The molecule has 0 N–H and O–H groups in total. The summed E-state index contributed by atoms with van der Waals surface area (Å²) in [4.78, 5) is 3.70. The molecule has 0 bridgehead atoms. The molecule has 2 nitrogen and oxygen atoms in total. The molecule has 0 radical (unpaired) electrons. The van der Waals surface area contributed by atoms with E-state index in [1.54, 1.807) is 0 Å². The van der Waals surface area contributed by atoms with E-state index in [1.807, 2.05) is 0 Å². The van der Waals surface area contributed by atoms with E-state index < -0.39 is 17.5 Å². The summed E-state index contributed by atoms with van der Waals surface area (Å²) in [5, 5.41) is 0. The first-order chi connectivity index (χ1) is 6.11. The van der Waals surface area contributed by atoms with Crippen LogP contribution in [0.2, 0.25) is 0 Å². The molecular weight excluding hydrogens is 181 g/mol. The lowest BCUT2D eigenvalue weighted by Gasteiger charge is -1.98. The second kappa shape index (κ2) is 2.48. The molecule has 1 aromatic carbocycles.